The fraction of sp³-hybridized carbons (Fsp3) is 0.100. The highest BCUT2D eigenvalue weighted by Gasteiger charge is 1.94. The van der Waals surface area contributed by atoms with Gasteiger partial charge in [0.1, 0.15) is 6.61 Å². The average molecular weight is 187 g/mol. The van der Waals surface area contributed by atoms with E-state index >= 15 is 0 Å². The fourth-order valence-electron chi connectivity index (χ4n) is 0.996. The van der Waals surface area contributed by atoms with E-state index in [0.29, 0.717) is 12.5 Å². The molecule has 0 saturated carbocycles. The highest BCUT2D eigenvalue weighted by molar-refractivity contribution is 5.10. The van der Waals surface area contributed by atoms with E-state index in [4.69, 9.17) is 4.74 Å². The van der Waals surface area contributed by atoms with Crippen molar-refractivity contribution in [1.29, 1.82) is 0 Å². The minimum atomic E-state index is 0.487. The lowest BCUT2D eigenvalue weighted by Gasteiger charge is -2.03. The van der Waals surface area contributed by atoms with Gasteiger partial charge in [-0.1, -0.05) is 0 Å². The van der Waals surface area contributed by atoms with Crippen LogP contribution >= 0.6 is 0 Å². The van der Waals surface area contributed by atoms with E-state index in [-0.39, 0.29) is 0 Å². The molecule has 0 spiro atoms. The van der Waals surface area contributed by atoms with Gasteiger partial charge in [-0.2, -0.15) is 0 Å². The number of hydrogen-bond acceptors (Lipinski definition) is 4. The minimum absolute atomic E-state index is 0.487. The summed E-state index contributed by atoms with van der Waals surface area (Å²) in [6.07, 6.45) is 8.26. The largest absolute Gasteiger partial charge is 0.472 e. The van der Waals surface area contributed by atoms with Crippen molar-refractivity contribution < 1.29 is 4.74 Å². The van der Waals surface area contributed by atoms with Gasteiger partial charge in [-0.3, -0.25) is 9.97 Å². The molecule has 4 heteroatoms. The van der Waals surface area contributed by atoms with Gasteiger partial charge in [0.15, 0.2) is 0 Å². The monoisotopic (exact) mass is 187 g/mol. The van der Waals surface area contributed by atoms with Gasteiger partial charge >= 0.3 is 0 Å². The summed E-state index contributed by atoms with van der Waals surface area (Å²) < 4.78 is 5.39. The fourth-order valence-corrected chi connectivity index (χ4v) is 0.996. The predicted octanol–water partition coefficient (Wildman–Crippen LogP) is 1.45. The lowest BCUT2D eigenvalue weighted by Crippen LogP contribution is -1.97. The zero-order valence-electron chi connectivity index (χ0n) is 7.50. The smallest absolute Gasteiger partial charge is 0.232 e. The van der Waals surface area contributed by atoms with Crippen LogP contribution in [0.2, 0.25) is 0 Å². The van der Waals surface area contributed by atoms with Crippen LogP contribution in [-0.4, -0.2) is 15.0 Å². The molecule has 0 bridgehead atoms. The van der Waals surface area contributed by atoms with Crippen LogP contribution < -0.4 is 4.74 Å². The molecule has 0 radical (unpaired) electrons. The maximum Gasteiger partial charge on any atom is 0.232 e. The molecule has 0 amide bonds. The van der Waals surface area contributed by atoms with Crippen LogP contribution in [0.25, 0.3) is 0 Å². The summed E-state index contributed by atoms with van der Waals surface area (Å²) in [5, 5.41) is 0. The average Bonchev–Trinajstić information content (AvgIpc) is 2.29. The molecule has 2 aromatic rings. The summed E-state index contributed by atoms with van der Waals surface area (Å²) in [5.74, 6) is 0.532. The highest BCUT2D eigenvalue weighted by Crippen LogP contribution is 2.05. The van der Waals surface area contributed by atoms with Crippen LogP contribution in [0.1, 0.15) is 5.56 Å². The Morgan fingerprint density at radius 1 is 1.00 bits per heavy atom. The van der Waals surface area contributed by atoms with E-state index in [1.807, 2.05) is 12.1 Å². The van der Waals surface area contributed by atoms with Gasteiger partial charge < -0.3 is 4.74 Å². The molecule has 0 aromatic carbocycles. The molecule has 0 aliphatic carbocycles. The number of hydrogen-bond donors (Lipinski definition) is 0. The summed E-state index contributed by atoms with van der Waals surface area (Å²) in [4.78, 5) is 11.8. The number of ether oxygens (including phenoxy) is 1. The van der Waals surface area contributed by atoms with Crippen molar-refractivity contribution in [3.63, 3.8) is 0 Å². The van der Waals surface area contributed by atoms with Crippen LogP contribution in [-0.2, 0) is 6.61 Å². The standard InChI is InChI=1S/C10H9N3O/c1-3-11-4-2-9(1)8-14-10-7-12-5-6-13-10/h1-7H,8H2. The lowest BCUT2D eigenvalue weighted by molar-refractivity contribution is 0.292. The van der Waals surface area contributed by atoms with Gasteiger partial charge in [0.25, 0.3) is 0 Å². The van der Waals surface area contributed by atoms with Crippen molar-refractivity contribution in [2.45, 2.75) is 6.61 Å². The van der Waals surface area contributed by atoms with Gasteiger partial charge in [0.05, 0.1) is 6.20 Å². The third-order valence-corrected chi connectivity index (χ3v) is 1.68. The van der Waals surface area contributed by atoms with Gasteiger partial charge in [-0.05, 0) is 17.7 Å². The summed E-state index contributed by atoms with van der Waals surface area (Å²) in [7, 11) is 0. The Morgan fingerprint density at radius 3 is 2.57 bits per heavy atom. The van der Waals surface area contributed by atoms with Crippen molar-refractivity contribution in [1.82, 2.24) is 15.0 Å². The molecule has 70 valence electrons. The van der Waals surface area contributed by atoms with E-state index in [0.717, 1.165) is 5.56 Å². The Kier molecular flexibility index (Phi) is 2.66. The van der Waals surface area contributed by atoms with Crippen molar-refractivity contribution in [2.24, 2.45) is 0 Å². The van der Waals surface area contributed by atoms with Crippen LogP contribution in [0.3, 0.4) is 0 Å². The van der Waals surface area contributed by atoms with Crippen LogP contribution in [0.4, 0.5) is 0 Å². The molecule has 0 unspecified atom stereocenters. The van der Waals surface area contributed by atoms with Crippen molar-refractivity contribution in [3.05, 3.63) is 48.7 Å². The Hall–Kier alpha value is -1.97. The summed E-state index contributed by atoms with van der Waals surface area (Å²) in [5.41, 5.74) is 1.06. The Labute approximate surface area is 81.6 Å². The first-order chi connectivity index (χ1) is 6.95. The molecule has 0 atom stereocenters. The van der Waals surface area contributed by atoms with Crippen LogP contribution in [0, 0.1) is 0 Å². The predicted molar refractivity (Wildman–Crippen MR) is 50.6 cm³/mol. The highest BCUT2D eigenvalue weighted by atomic mass is 16.5. The van der Waals surface area contributed by atoms with E-state index < -0.39 is 0 Å². The second-order valence-electron chi connectivity index (χ2n) is 2.69. The van der Waals surface area contributed by atoms with Crippen LogP contribution in [0.15, 0.2) is 43.1 Å². The van der Waals surface area contributed by atoms with E-state index in [9.17, 15) is 0 Å². The molecular formula is C10H9N3O. The van der Waals surface area contributed by atoms with Gasteiger partial charge in [-0.15, -0.1) is 0 Å². The first-order valence-corrected chi connectivity index (χ1v) is 4.23. The molecule has 0 fully saturated rings. The first-order valence-electron chi connectivity index (χ1n) is 4.23. The summed E-state index contributed by atoms with van der Waals surface area (Å²) >= 11 is 0. The normalized spacial score (nSPS) is 9.71. The maximum absolute atomic E-state index is 5.39. The number of nitrogens with zero attached hydrogens (tertiary/aromatic N) is 3. The quantitative estimate of drug-likeness (QED) is 0.729. The molecule has 0 aliphatic rings. The third-order valence-electron chi connectivity index (χ3n) is 1.68. The molecule has 4 nitrogen and oxygen atoms in total. The molecule has 2 aromatic heterocycles. The second kappa shape index (κ2) is 4.32. The summed E-state index contributed by atoms with van der Waals surface area (Å²) in [6.45, 7) is 0.487. The number of aromatic nitrogens is 3. The molecule has 14 heavy (non-hydrogen) atoms. The van der Waals surface area contributed by atoms with Crippen molar-refractivity contribution in [3.8, 4) is 5.88 Å². The van der Waals surface area contributed by atoms with Gasteiger partial charge in [0.2, 0.25) is 5.88 Å². The molecule has 2 rings (SSSR count). The Balaban J connectivity index is 1.96. The van der Waals surface area contributed by atoms with E-state index in [1.165, 1.54) is 0 Å². The molecular weight excluding hydrogens is 178 g/mol. The number of rotatable bonds is 3. The SMILES string of the molecule is c1cc(COc2cnccn2)ccn1. The molecule has 0 aliphatic heterocycles. The van der Waals surface area contributed by atoms with Crippen molar-refractivity contribution in [2.75, 3.05) is 0 Å². The van der Waals surface area contributed by atoms with Crippen LogP contribution in [0.5, 0.6) is 5.88 Å². The van der Waals surface area contributed by atoms with Gasteiger partial charge in [-0.25, -0.2) is 4.98 Å². The zero-order valence-corrected chi connectivity index (χ0v) is 7.50. The minimum Gasteiger partial charge on any atom is -0.472 e. The zero-order chi connectivity index (χ0) is 9.64. The number of pyridine rings is 1. The molecule has 0 saturated heterocycles. The second-order valence-corrected chi connectivity index (χ2v) is 2.69. The third kappa shape index (κ3) is 2.26. The maximum atomic E-state index is 5.39. The van der Waals surface area contributed by atoms with Gasteiger partial charge in [0, 0.05) is 24.8 Å². The lowest BCUT2D eigenvalue weighted by atomic mass is 10.3. The first kappa shape index (κ1) is 8.62. The van der Waals surface area contributed by atoms with Crippen molar-refractivity contribution >= 4 is 0 Å². The molecule has 2 heterocycles. The summed E-state index contributed by atoms with van der Waals surface area (Å²) in [6, 6.07) is 3.80. The van der Waals surface area contributed by atoms with E-state index in [2.05, 4.69) is 15.0 Å². The Bertz CT molecular complexity index is 338. The Morgan fingerprint density at radius 2 is 1.86 bits per heavy atom. The molecule has 0 N–H and O–H groups in total. The topological polar surface area (TPSA) is 47.9 Å². The van der Waals surface area contributed by atoms with E-state index in [1.54, 1.807) is 31.0 Å².